The molecule has 15 heteroatoms. The Hall–Kier alpha value is -4.37. The topological polar surface area (TPSA) is 159 Å². The number of nitrogens with one attached hydrogen (secondary N) is 4. The Kier molecular flexibility index (Phi) is 10.5. The first-order valence-electron chi connectivity index (χ1n) is 14.7. The highest BCUT2D eigenvalue weighted by Gasteiger charge is 2.21. The fraction of sp³-hybridized carbons (Fsp3) is 0.250. The lowest BCUT2D eigenvalue weighted by atomic mass is 9.89. The van der Waals surface area contributed by atoms with Crippen molar-refractivity contribution in [2.24, 2.45) is 0 Å². The van der Waals surface area contributed by atoms with E-state index in [0.717, 1.165) is 50.6 Å². The van der Waals surface area contributed by atoms with Gasteiger partial charge >= 0.3 is 6.03 Å². The summed E-state index contributed by atoms with van der Waals surface area (Å²) in [6.45, 7) is 2.66. The summed E-state index contributed by atoms with van der Waals surface area (Å²) in [7, 11) is -6.86. The van der Waals surface area contributed by atoms with E-state index >= 15 is 0 Å². The van der Waals surface area contributed by atoms with Crippen molar-refractivity contribution in [3.8, 4) is 11.6 Å². The van der Waals surface area contributed by atoms with E-state index in [2.05, 4.69) is 30.0 Å². The molecular formula is C32H35ClN6O6S2. The molecule has 0 unspecified atom stereocenters. The van der Waals surface area contributed by atoms with Crippen molar-refractivity contribution in [3.63, 3.8) is 0 Å². The smallest absolute Gasteiger partial charge is 0.323 e. The molecule has 0 atom stereocenters. The van der Waals surface area contributed by atoms with Crippen LogP contribution in [0.25, 0.3) is 0 Å². The molecule has 248 valence electrons. The third-order valence-corrected chi connectivity index (χ3v) is 8.86. The van der Waals surface area contributed by atoms with Gasteiger partial charge in [-0.15, -0.1) is 0 Å². The number of nitrogens with zero attached hydrogens (tertiary/aromatic N) is 2. The predicted octanol–water partition coefficient (Wildman–Crippen LogP) is 6.29. The Morgan fingerprint density at radius 1 is 0.830 bits per heavy atom. The van der Waals surface area contributed by atoms with Crippen molar-refractivity contribution in [1.29, 1.82) is 0 Å². The van der Waals surface area contributed by atoms with Crippen LogP contribution in [0.15, 0.2) is 85.1 Å². The number of anilines is 4. The zero-order chi connectivity index (χ0) is 33.6. The molecule has 0 aliphatic carbocycles. The van der Waals surface area contributed by atoms with E-state index in [-0.39, 0.29) is 10.7 Å². The maximum Gasteiger partial charge on any atom is 0.323 e. The lowest BCUT2D eigenvalue weighted by Crippen LogP contribution is -2.32. The molecule has 1 aliphatic rings. The quantitative estimate of drug-likeness (QED) is 0.142. The van der Waals surface area contributed by atoms with E-state index in [9.17, 15) is 21.6 Å². The largest absolute Gasteiger partial charge is 0.439 e. The van der Waals surface area contributed by atoms with Crippen LogP contribution in [-0.2, 0) is 26.6 Å². The summed E-state index contributed by atoms with van der Waals surface area (Å²) in [6, 6.07) is 22.3. The number of hydrogen-bond donors (Lipinski definition) is 4. The number of carbonyl (C=O) groups is 1. The first kappa shape index (κ1) is 34.0. The van der Waals surface area contributed by atoms with Crippen molar-refractivity contribution < 1.29 is 26.4 Å². The molecule has 3 aromatic carbocycles. The summed E-state index contributed by atoms with van der Waals surface area (Å²) in [5.41, 5.74) is 3.95. The molecule has 1 saturated heterocycles. The highest BCUT2D eigenvalue weighted by atomic mass is 35.5. The van der Waals surface area contributed by atoms with Crippen LogP contribution in [-0.4, -0.2) is 58.4 Å². The predicted molar refractivity (Wildman–Crippen MR) is 185 cm³/mol. The number of rotatable bonds is 11. The number of pyridine rings is 1. The average Bonchev–Trinajstić information content (AvgIpc) is 3.00. The maximum absolute atomic E-state index is 12.6. The van der Waals surface area contributed by atoms with Crippen molar-refractivity contribution in [2.45, 2.75) is 25.3 Å². The minimum Gasteiger partial charge on any atom is -0.439 e. The Bertz CT molecular complexity index is 1920. The molecule has 0 bridgehead atoms. The fourth-order valence-electron chi connectivity index (χ4n) is 5.19. The SMILES string of the molecule is CS(=O)(=O)Nc1ccc(Oc2ccc(CN3CCC(c4ccc(NC(=O)Nc5ccc(Cl)c(NS(C)(=O)=O)c5)cc4)CC3)cn2)cc1. The summed E-state index contributed by atoms with van der Waals surface area (Å²) in [6.07, 6.45) is 5.94. The highest BCUT2D eigenvalue weighted by molar-refractivity contribution is 7.92. The molecule has 12 nitrogen and oxygen atoms in total. The van der Waals surface area contributed by atoms with Gasteiger partial charge in [-0.1, -0.05) is 29.8 Å². The van der Waals surface area contributed by atoms with Gasteiger partial charge in [0.25, 0.3) is 0 Å². The van der Waals surface area contributed by atoms with Crippen molar-refractivity contribution in [3.05, 3.63) is 101 Å². The van der Waals surface area contributed by atoms with Gasteiger partial charge in [0.1, 0.15) is 5.75 Å². The Morgan fingerprint density at radius 2 is 1.45 bits per heavy atom. The van der Waals surface area contributed by atoms with Crippen LogP contribution in [0.4, 0.5) is 27.5 Å². The van der Waals surface area contributed by atoms with Crippen molar-refractivity contribution >= 4 is 60.4 Å². The number of amides is 2. The number of benzene rings is 3. The number of sulfonamides is 2. The second-order valence-electron chi connectivity index (χ2n) is 11.3. The number of hydrogen-bond acceptors (Lipinski definition) is 8. The third-order valence-electron chi connectivity index (χ3n) is 7.33. The highest BCUT2D eigenvalue weighted by Crippen LogP contribution is 2.30. The minimum atomic E-state index is -3.52. The Balaban J connectivity index is 1.06. The average molecular weight is 699 g/mol. The van der Waals surface area contributed by atoms with Gasteiger partial charge in [-0.2, -0.15) is 0 Å². The van der Waals surface area contributed by atoms with Crippen LogP contribution in [0.5, 0.6) is 11.6 Å². The van der Waals surface area contributed by atoms with Gasteiger partial charge in [0.05, 0.1) is 23.2 Å². The van der Waals surface area contributed by atoms with Gasteiger partial charge in [-0.25, -0.2) is 26.6 Å². The Labute approximate surface area is 279 Å². The summed E-state index contributed by atoms with van der Waals surface area (Å²) >= 11 is 6.06. The minimum absolute atomic E-state index is 0.175. The molecule has 47 heavy (non-hydrogen) atoms. The van der Waals surface area contributed by atoms with Crippen molar-refractivity contribution in [1.82, 2.24) is 9.88 Å². The van der Waals surface area contributed by atoms with Crippen LogP contribution in [0.1, 0.15) is 29.9 Å². The summed E-state index contributed by atoms with van der Waals surface area (Å²) in [4.78, 5) is 19.4. The Morgan fingerprint density at radius 3 is 2.06 bits per heavy atom. The lowest BCUT2D eigenvalue weighted by molar-refractivity contribution is 0.204. The molecule has 1 aromatic heterocycles. The second-order valence-corrected chi connectivity index (χ2v) is 15.2. The molecular weight excluding hydrogens is 664 g/mol. The van der Waals surface area contributed by atoms with E-state index in [4.69, 9.17) is 16.3 Å². The van der Waals surface area contributed by atoms with E-state index < -0.39 is 26.1 Å². The lowest BCUT2D eigenvalue weighted by Gasteiger charge is -2.32. The van der Waals surface area contributed by atoms with Gasteiger partial charge in [-0.3, -0.25) is 14.3 Å². The molecule has 2 heterocycles. The normalized spacial score (nSPS) is 14.3. The third kappa shape index (κ3) is 10.6. The van der Waals surface area contributed by atoms with Gasteiger partial charge in [0.2, 0.25) is 25.9 Å². The number of likely N-dealkylation sites (tertiary alicyclic amines) is 1. The molecule has 1 aliphatic heterocycles. The number of piperidine rings is 1. The number of urea groups is 1. The number of ether oxygens (including phenoxy) is 1. The summed E-state index contributed by atoms with van der Waals surface area (Å²) in [5, 5.41) is 5.70. The van der Waals surface area contributed by atoms with E-state index in [0.29, 0.717) is 34.6 Å². The monoisotopic (exact) mass is 698 g/mol. The van der Waals surface area contributed by atoms with Crippen LogP contribution < -0.4 is 24.8 Å². The standard InChI is InChI=1S/C32H35ClN6O6S2/c1-46(41,42)37-26-8-11-28(12-9-26)45-31-14-3-22(20-34-31)21-39-17-15-24(16-18-39)23-4-6-25(7-5-23)35-32(40)36-27-10-13-29(33)30(19-27)38-47(2,43)44/h3-14,19-20,24,37-38H,15-18,21H2,1-2H3,(H2,35,36,40). The zero-order valence-corrected chi connectivity index (χ0v) is 28.1. The number of carbonyl (C=O) groups excluding carboxylic acids is 1. The van der Waals surface area contributed by atoms with E-state index in [1.165, 1.54) is 17.7 Å². The van der Waals surface area contributed by atoms with E-state index in [1.807, 2.05) is 36.4 Å². The van der Waals surface area contributed by atoms with Gasteiger partial charge in [-0.05, 0) is 97.6 Å². The second kappa shape index (κ2) is 14.6. The van der Waals surface area contributed by atoms with Crippen LogP contribution in [0, 0.1) is 0 Å². The molecule has 0 radical (unpaired) electrons. The first-order valence-corrected chi connectivity index (χ1v) is 18.8. The molecule has 1 fully saturated rings. The van der Waals surface area contributed by atoms with Crippen molar-refractivity contribution in [2.75, 3.05) is 45.7 Å². The molecule has 4 N–H and O–H groups in total. The van der Waals surface area contributed by atoms with Gasteiger partial charge < -0.3 is 15.4 Å². The molecule has 0 saturated carbocycles. The first-order chi connectivity index (χ1) is 22.3. The number of halogens is 1. The molecule has 2 amide bonds. The van der Waals surface area contributed by atoms with Gasteiger partial charge in [0.15, 0.2) is 0 Å². The molecule has 5 rings (SSSR count). The summed E-state index contributed by atoms with van der Waals surface area (Å²) in [5.74, 6) is 1.42. The summed E-state index contributed by atoms with van der Waals surface area (Å²) < 4.78 is 56.4. The van der Waals surface area contributed by atoms with Crippen LogP contribution >= 0.6 is 11.6 Å². The molecule has 0 spiro atoms. The number of aromatic nitrogens is 1. The van der Waals surface area contributed by atoms with Gasteiger partial charge in [0, 0.05) is 35.9 Å². The maximum atomic E-state index is 12.6. The van der Waals surface area contributed by atoms with Crippen LogP contribution in [0.2, 0.25) is 5.02 Å². The molecule has 4 aromatic rings. The fourth-order valence-corrected chi connectivity index (χ4v) is 6.54. The zero-order valence-electron chi connectivity index (χ0n) is 25.7. The van der Waals surface area contributed by atoms with E-state index in [1.54, 1.807) is 36.5 Å². The van der Waals surface area contributed by atoms with Crippen LogP contribution in [0.3, 0.4) is 0 Å².